The van der Waals surface area contributed by atoms with Crippen LogP contribution in [0.25, 0.3) is 0 Å². The maximum atomic E-state index is 14.2. The van der Waals surface area contributed by atoms with Crippen molar-refractivity contribution >= 4 is 40.9 Å². The molecule has 1 N–H and O–H groups in total. The predicted octanol–water partition coefficient (Wildman–Crippen LogP) is 5.28. The van der Waals surface area contributed by atoms with Gasteiger partial charge in [0.05, 0.1) is 16.8 Å². The maximum Gasteiger partial charge on any atom is 0.407 e. The Labute approximate surface area is 202 Å². The first-order chi connectivity index (χ1) is 15.4. The number of aromatic nitrogens is 2. The van der Waals surface area contributed by atoms with Gasteiger partial charge in [-0.3, -0.25) is 4.79 Å². The number of amides is 1. The summed E-state index contributed by atoms with van der Waals surface area (Å²) in [6, 6.07) is 4.17. The first-order valence-corrected chi connectivity index (χ1v) is 11.4. The molecule has 0 radical (unpaired) electrons. The molecule has 2 heterocycles. The molecule has 1 saturated heterocycles. The predicted molar refractivity (Wildman–Crippen MR) is 126 cm³/mol. The molecule has 1 fully saturated rings. The van der Waals surface area contributed by atoms with E-state index in [2.05, 4.69) is 22.2 Å². The molecule has 1 aromatic carbocycles. The van der Waals surface area contributed by atoms with Gasteiger partial charge in [0.25, 0.3) is 0 Å². The van der Waals surface area contributed by atoms with E-state index in [-0.39, 0.29) is 26.8 Å². The number of benzene rings is 1. The Balaban J connectivity index is 1.63. The van der Waals surface area contributed by atoms with Crippen LogP contribution in [0.15, 0.2) is 24.4 Å². The van der Waals surface area contributed by atoms with Gasteiger partial charge in [0.1, 0.15) is 17.1 Å². The summed E-state index contributed by atoms with van der Waals surface area (Å²) in [7, 11) is 0. The van der Waals surface area contributed by atoms with Gasteiger partial charge in [-0.25, -0.2) is 19.2 Å². The van der Waals surface area contributed by atoms with E-state index >= 15 is 0 Å². The van der Waals surface area contributed by atoms with Crippen LogP contribution in [0.3, 0.4) is 0 Å². The fourth-order valence-corrected chi connectivity index (χ4v) is 3.92. The van der Waals surface area contributed by atoms with E-state index in [0.717, 1.165) is 12.8 Å². The lowest BCUT2D eigenvalue weighted by Crippen LogP contribution is -2.46. The van der Waals surface area contributed by atoms with E-state index in [4.69, 9.17) is 27.9 Å². The Hall–Kier alpha value is -2.45. The third kappa shape index (κ3) is 6.32. The van der Waals surface area contributed by atoms with Gasteiger partial charge in [-0.2, -0.15) is 0 Å². The zero-order chi connectivity index (χ0) is 24.4. The molecule has 0 unspecified atom stereocenters. The summed E-state index contributed by atoms with van der Waals surface area (Å²) in [6.07, 6.45) is 2.64. The normalized spacial score (nSPS) is 15.8. The van der Waals surface area contributed by atoms with Crippen molar-refractivity contribution in [2.24, 2.45) is 5.41 Å². The quantitative estimate of drug-likeness (QED) is 0.566. The molecule has 0 aliphatic carbocycles. The molecule has 1 aromatic heterocycles. The highest BCUT2D eigenvalue weighted by atomic mass is 35.5. The summed E-state index contributed by atoms with van der Waals surface area (Å²) < 4.78 is 19.5. The molecule has 178 valence electrons. The van der Waals surface area contributed by atoms with Crippen molar-refractivity contribution in [3.63, 3.8) is 0 Å². The van der Waals surface area contributed by atoms with Crippen LogP contribution in [-0.2, 0) is 4.74 Å². The number of ketones is 1. The average molecular weight is 497 g/mol. The molecule has 0 saturated carbocycles. The van der Waals surface area contributed by atoms with E-state index in [9.17, 15) is 14.0 Å². The smallest absolute Gasteiger partial charge is 0.407 e. The van der Waals surface area contributed by atoms with Crippen molar-refractivity contribution in [1.82, 2.24) is 15.3 Å². The zero-order valence-electron chi connectivity index (χ0n) is 19.0. The summed E-state index contributed by atoms with van der Waals surface area (Å²) in [4.78, 5) is 35.1. The van der Waals surface area contributed by atoms with Gasteiger partial charge in [0.15, 0.2) is 11.0 Å². The van der Waals surface area contributed by atoms with Crippen molar-refractivity contribution in [2.75, 3.05) is 24.5 Å². The third-order valence-corrected chi connectivity index (χ3v) is 6.04. The van der Waals surface area contributed by atoms with Crippen LogP contribution < -0.4 is 10.2 Å². The summed E-state index contributed by atoms with van der Waals surface area (Å²) in [5.41, 5.74) is -0.981. The van der Waals surface area contributed by atoms with E-state index < -0.39 is 23.3 Å². The number of rotatable bonds is 5. The van der Waals surface area contributed by atoms with Crippen LogP contribution in [0, 0.1) is 11.2 Å². The fraction of sp³-hybridized carbons (Fsp3) is 0.478. The molecular weight excluding hydrogens is 470 g/mol. The molecule has 7 nitrogen and oxygen atoms in total. The Morgan fingerprint density at radius 3 is 2.52 bits per heavy atom. The minimum Gasteiger partial charge on any atom is -0.444 e. The van der Waals surface area contributed by atoms with Crippen LogP contribution in [0.5, 0.6) is 0 Å². The van der Waals surface area contributed by atoms with Crippen LogP contribution in [0.2, 0.25) is 10.2 Å². The monoisotopic (exact) mass is 496 g/mol. The third-order valence-electron chi connectivity index (χ3n) is 5.48. The SMILES string of the molecule is CC1(CNC(=O)OC(C)(C)C)CCN(c2cnc(C(=O)c3cccc(Cl)c3F)c(Cl)n2)CC1. The summed E-state index contributed by atoms with van der Waals surface area (Å²) in [6.45, 7) is 9.43. The maximum absolute atomic E-state index is 14.2. The van der Waals surface area contributed by atoms with Gasteiger partial charge in [0.2, 0.25) is 5.78 Å². The summed E-state index contributed by atoms with van der Waals surface area (Å²) in [5, 5.41) is 2.60. The van der Waals surface area contributed by atoms with Crippen molar-refractivity contribution < 1.29 is 18.7 Å². The number of carbonyl (C=O) groups is 2. The van der Waals surface area contributed by atoms with Crippen molar-refractivity contribution in [1.29, 1.82) is 0 Å². The Morgan fingerprint density at radius 2 is 1.91 bits per heavy atom. The molecule has 1 aliphatic rings. The number of ether oxygens (including phenoxy) is 1. The van der Waals surface area contributed by atoms with Crippen LogP contribution >= 0.6 is 23.2 Å². The van der Waals surface area contributed by atoms with E-state index in [1.807, 2.05) is 25.7 Å². The lowest BCUT2D eigenvalue weighted by atomic mass is 9.80. The van der Waals surface area contributed by atoms with E-state index in [1.165, 1.54) is 24.4 Å². The lowest BCUT2D eigenvalue weighted by Gasteiger charge is -2.40. The average Bonchev–Trinajstić information content (AvgIpc) is 2.73. The second-order valence-electron chi connectivity index (χ2n) is 9.45. The van der Waals surface area contributed by atoms with E-state index in [0.29, 0.717) is 25.5 Å². The molecule has 1 aliphatic heterocycles. The van der Waals surface area contributed by atoms with Gasteiger partial charge in [-0.15, -0.1) is 0 Å². The molecule has 0 bridgehead atoms. The number of nitrogens with one attached hydrogen (secondary N) is 1. The molecule has 10 heteroatoms. The minimum absolute atomic E-state index is 0.0926. The standard InChI is InChI=1S/C23H27Cl2FN4O3/c1-22(2,3)33-21(32)28-13-23(4)8-10-30(11-9-23)16-12-27-18(20(25)29-16)19(31)14-6-5-7-15(24)17(14)26/h5-7,12H,8-11,13H2,1-4H3,(H,28,32). The molecule has 0 atom stereocenters. The molecule has 0 spiro atoms. The van der Waals surface area contributed by atoms with Crippen molar-refractivity contribution in [3.8, 4) is 0 Å². The lowest BCUT2D eigenvalue weighted by molar-refractivity contribution is 0.0495. The number of anilines is 1. The Bertz CT molecular complexity index is 1050. The number of carbonyl (C=O) groups excluding carboxylic acids is 2. The number of hydrogen-bond donors (Lipinski definition) is 1. The highest BCUT2D eigenvalue weighted by Gasteiger charge is 2.32. The van der Waals surface area contributed by atoms with Crippen molar-refractivity contribution in [3.05, 3.63) is 51.6 Å². The summed E-state index contributed by atoms with van der Waals surface area (Å²) >= 11 is 12.0. The zero-order valence-corrected chi connectivity index (χ0v) is 20.6. The minimum atomic E-state index is -0.818. The Kier molecular flexibility index (Phi) is 7.49. The second kappa shape index (κ2) is 9.81. The highest BCUT2D eigenvalue weighted by Crippen LogP contribution is 2.32. The van der Waals surface area contributed by atoms with Crippen molar-refractivity contribution in [2.45, 2.75) is 46.1 Å². The van der Waals surface area contributed by atoms with Gasteiger partial charge in [-0.05, 0) is 51.2 Å². The topological polar surface area (TPSA) is 84.4 Å². The van der Waals surface area contributed by atoms with Gasteiger partial charge >= 0.3 is 6.09 Å². The Morgan fingerprint density at radius 1 is 1.24 bits per heavy atom. The fourth-order valence-electron chi connectivity index (χ4n) is 3.52. The molecular formula is C23H27Cl2FN4O3. The van der Waals surface area contributed by atoms with Gasteiger partial charge in [0, 0.05) is 19.6 Å². The highest BCUT2D eigenvalue weighted by molar-refractivity contribution is 6.34. The van der Waals surface area contributed by atoms with Gasteiger partial charge < -0.3 is 15.0 Å². The molecule has 33 heavy (non-hydrogen) atoms. The van der Waals surface area contributed by atoms with Crippen LogP contribution in [0.1, 0.15) is 56.6 Å². The number of alkyl carbamates (subject to hydrolysis) is 1. The second-order valence-corrected chi connectivity index (χ2v) is 10.2. The molecule has 2 aromatic rings. The largest absolute Gasteiger partial charge is 0.444 e. The van der Waals surface area contributed by atoms with Gasteiger partial charge in [-0.1, -0.05) is 36.2 Å². The number of halogens is 3. The first-order valence-electron chi connectivity index (χ1n) is 10.6. The first kappa shape index (κ1) is 25.2. The molecule has 1 amide bonds. The van der Waals surface area contributed by atoms with Crippen LogP contribution in [-0.4, -0.2) is 47.1 Å². The number of nitrogens with zero attached hydrogens (tertiary/aromatic N) is 3. The molecule has 3 rings (SSSR count). The van der Waals surface area contributed by atoms with E-state index in [1.54, 1.807) is 0 Å². The number of hydrogen-bond acceptors (Lipinski definition) is 6. The van der Waals surface area contributed by atoms with Crippen LogP contribution in [0.4, 0.5) is 15.0 Å². The number of piperidine rings is 1. The summed E-state index contributed by atoms with van der Waals surface area (Å²) in [5.74, 6) is -0.967.